The molecule has 3 aromatic heterocycles. The van der Waals surface area contributed by atoms with Crippen LogP contribution in [0.1, 0.15) is 24.6 Å². The summed E-state index contributed by atoms with van der Waals surface area (Å²) in [7, 11) is 0. The Labute approximate surface area is 109 Å². The molecular formula is C14H13N5. The van der Waals surface area contributed by atoms with Gasteiger partial charge in [0.2, 0.25) is 0 Å². The van der Waals surface area contributed by atoms with E-state index in [0.29, 0.717) is 11.8 Å². The fourth-order valence-corrected chi connectivity index (χ4v) is 3.72. The maximum Gasteiger partial charge on any atom is 0.179 e. The van der Waals surface area contributed by atoms with Gasteiger partial charge < -0.3 is 4.98 Å². The molecule has 5 rings (SSSR count). The SMILES string of the molecule is C1=C[C@@H]2C[C@H]1CC2c1nnc2cnc3[nH]ccc3n12. The van der Waals surface area contributed by atoms with E-state index in [1.165, 1.54) is 12.8 Å². The first-order chi connectivity index (χ1) is 9.40. The van der Waals surface area contributed by atoms with E-state index in [9.17, 15) is 0 Å². The first-order valence-corrected chi connectivity index (χ1v) is 6.75. The lowest BCUT2D eigenvalue weighted by Gasteiger charge is -2.16. The van der Waals surface area contributed by atoms with Crippen molar-refractivity contribution in [3.8, 4) is 0 Å². The smallest absolute Gasteiger partial charge is 0.179 e. The van der Waals surface area contributed by atoms with Gasteiger partial charge in [0, 0.05) is 12.1 Å². The van der Waals surface area contributed by atoms with Gasteiger partial charge in [0.1, 0.15) is 5.82 Å². The minimum Gasteiger partial charge on any atom is -0.345 e. The molecule has 0 saturated heterocycles. The average Bonchev–Trinajstić information content (AvgIpc) is 3.19. The molecule has 1 unspecified atom stereocenters. The molecule has 0 aromatic carbocycles. The molecule has 2 bridgehead atoms. The molecule has 1 saturated carbocycles. The highest BCUT2D eigenvalue weighted by atomic mass is 15.3. The van der Waals surface area contributed by atoms with E-state index in [2.05, 4.69) is 36.7 Å². The van der Waals surface area contributed by atoms with E-state index in [-0.39, 0.29) is 0 Å². The van der Waals surface area contributed by atoms with E-state index in [1.54, 1.807) is 6.20 Å². The summed E-state index contributed by atoms with van der Waals surface area (Å²) in [5, 5.41) is 8.74. The Morgan fingerprint density at radius 2 is 2.21 bits per heavy atom. The van der Waals surface area contributed by atoms with Gasteiger partial charge in [0.15, 0.2) is 11.3 Å². The van der Waals surface area contributed by atoms with Crippen LogP contribution in [0.15, 0.2) is 30.6 Å². The van der Waals surface area contributed by atoms with Crippen LogP contribution in [0.2, 0.25) is 0 Å². The van der Waals surface area contributed by atoms with Crippen LogP contribution in [0.5, 0.6) is 0 Å². The Kier molecular flexibility index (Phi) is 1.65. The van der Waals surface area contributed by atoms with Gasteiger partial charge in [-0.05, 0) is 30.7 Å². The Morgan fingerprint density at radius 3 is 3.05 bits per heavy atom. The van der Waals surface area contributed by atoms with Crippen molar-refractivity contribution in [3.63, 3.8) is 0 Å². The quantitative estimate of drug-likeness (QED) is 0.675. The third kappa shape index (κ3) is 1.17. The van der Waals surface area contributed by atoms with Crippen molar-refractivity contribution in [3.05, 3.63) is 36.4 Å². The molecule has 3 atom stereocenters. The molecular weight excluding hydrogens is 238 g/mol. The van der Waals surface area contributed by atoms with Crippen LogP contribution in [0.3, 0.4) is 0 Å². The molecule has 0 spiro atoms. The van der Waals surface area contributed by atoms with Gasteiger partial charge in [0.25, 0.3) is 0 Å². The fraction of sp³-hybridized carbons (Fsp3) is 0.357. The van der Waals surface area contributed by atoms with Gasteiger partial charge in [-0.2, -0.15) is 0 Å². The number of aromatic amines is 1. The first kappa shape index (κ1) is 9.72. The van der Waals surface area contributed by atoms with Crippen LogP contribution in [0.4, 0.5) is 0 Å². The molecule has 0 amide bonds. The van der Waals surface area contributed by atoms with Gasteiger partial charge in [-0.15, -0.1) is 10.2 Å². The summed E-state index contributed by atoms with van der Waals surface area (Å²) >= 11 is 0. The van der Waals surface area contributed by atoms with Crippen LogP contribution >= 0.6 is 0 Å². The Balaban J connectivity index is 1.80. The molecule has 2 aliphatic carbocycles. The van der Waals surface area contributed by atoms with Crippen molar-refractivity contribution in [2.24, 2.45) is 11.8 Å². The van der Waals surface area contributed by atoms with E-state index >= 15 is 0 Å². The van der Waals surface area contributed by atoms with E-state index in [0.717, 1.165) is 28.6 Å². The summed E-state index contributed by atoms with van der Waals surface area (Å²) in [5.41, 5.74) is 2.81. The lowest BCUT2D eigenvalue weighted by atomic mass is 9.93. The molecule has 3 heterocycles. The Bertz CT molecular complexity index is 812. The van der Waals surface area contributed by atoms with Crippen molar-refractivity contribution >= 4 is 16.8 Å². The number of allylic oxidation sites excluding steroid dienone is 2. The monoisotopic (exact) mass is 251 g/mol. The number of fused-ring (bicyclic) bond motifs is 5. The second kappa shape index (κ2) is 3.23. The highest BCUT2D eigenvalue weighted by molar-refractivity contribution is 5.74. The van der Waals surface area contributed by atoms with Crippen molar-refractivity contribution < 1.29 is 0 Å². The molecule has 19 heavy (non-hydrogen) atoms. The van der Waals surface area contributed by atoms with Crippen LogP contribution in [0.25, 0.3) is 16.8 Å². The summed E-state index contributed by atoms with van der Waals surface area (Å²) in [6, 6.07) is 2.05. The zero-order valence-electron chi connectivity index (χ0n) is 10.3. The molecule has 0 radical (unpaired) electrons. The van der Waals surface area contributed by atoms with Gasteiger partial charge >= 0.3 is 0 Å². The molecule has 2 aliphatic rings. The third-order valence-corrected chi connectivity index (χ3v) is 4.58. The van der Waals surface area contributed by atoms with Crippen molar-refractivity contribution in [1.82, 2.24) is 24.6 Å². The van der Waals surface area contributed by atoms with Crippen molar-refractivity contribution in [2.75, 3.05) is 0 Å². The second-order valence-electron chi connectivity index (χ2n) is 5.61. The molecule has 1 fully saturated rings. The maximum atomic E-state index is 4.45. The van der Waals surface area contributed by atoms with E-state index < -0.39 is 0 Å². The van der Waals surface area contributed by atoms with Crippen molar-refractivity contribution in [1.29, 1.82) is 0 Å². The van der Waals surface area contributed by atoms with Crippen LogP contribution in [-0.4, -0.2) is 24.6 Å². The van der Waals surface area contributed by atoms with E-state index in [4.69, 9.17) is 0 Å². The summed E-state index contributed by atoms with van der Waals surface area (Å²) in [4.78, 5) is 7.52. The minimum atomic E-state index is 0.505. The third-order valence-electron chi connectivity index (χ3n) is 4.58. The Morgan fingerprint density at radius 1 is 1.21 bits per heavy atom. The predicted molar refractivity (Wildman–Crippen MR) is 70.7 cm³/mol. The topological polar surface area (TPSA) is 58.9 Å². The van der Waals surface area contributed by atoms with Gasteiger partial charge in [-0.1, -0.05) is 12.2 Å². The minimum absolute atomic E-state index is 0.505. The lowest BCUT2D eigenvalue weighted by Crippen LogP contribution is -2.09. The number of nitrogens with one attached hydrogen (secondary N) is 1. The largest absolute Gasteiger partial charge is 0.345 e. The first-order valence-electron chi connectivity index (χ1n) is 6.75. The van der Waals surface area contributed by atoms with Crippen LogP contribution in [0, 0.1) is 11.8 Å². The van der Waals surface area contributed by atoms with Gasteiger partial charge in [-0.25, -0.2) is 4.98 Å². The molecule has 94 valence electrons. The zero-order valence-corrected chi connectivity index (χ0v) is 10.3. The highest BCUT2D eigenvalue weighted by Gasteiger charge is 2.39. The molecule has 3 aromatic rings. The molecule has 5 nitrogen and oxygen atoms in total. The highest BCUT2D eigenvalue weighted by Crippen LogP contribution is 2.48. The number of hydrogen-bond donors (Lipinski definition) is 1. The summed E-state index contributed by atoms with van der Waals surface area (Å²) < 4.78 is 2.16. The average molecular weight is 251 g/mol. The summed E-state index contributed by atoms with van der Waals surface area (Å²) in [6.45, 7) is 0. The zero-order chi connectivity index (χ0) is 12.4. The van der Waals surface area contributed by atoms with Crippen LogP contribution < -0.4 is 0 Å². The summed E-state index contributed by atoms with van der Waals surface area (Å²) in [5.74, 6) is 2.98. The predicted octanol–water partition coefficient (Wildman–Crippen LogP) is 2.29. The molecule has 1 N–H and O–H groups in total. The number of hydrogen-bond acceptors (Lipinski definition) is 3. The van der Waals surface area contributed by atoms with Gasteiger partial charge in [-0.3, -0.25) is 4.40 Å². The summed E-state index contributed by atoms with van der Waals surface area (Å²) in [6.07, 6.45) is 10.9. The molecule has 5 heteroatoms. The number of rotatable bonds is 1. The van der Waals surface area contributed by atoms with Crippen molar-refractivity contribution in [2.45, 2.75) is 18.8 Å². The Hall–Kier alpha value is -2.17. The standard InChI is InChI=1S/C14H13N5/c1-2-9-5-8(1)6-10(9)14-18-17-12-7-16-13-11(19(12)14)3-4-15-13/h1-4,7-10,15H,5-6H2/t8-,9+,10?/m0/s1. The normalized spacial score (nSPS) is 28.9. The lowest BCUT2D eigenvalue weighted by molar-refractivity contribution is 0.549. The fourth-order valence-electron chi connectivity index (χ4n) is 3.72. The molecule has 0 aliphatic heterocycles. The number of H-pyrrole nitrogens is 1. The maximum absolute atomic E-state index is 4.45. The van der Waals surface area contributed by atoms with Gasteiger partial charge in [0.05, 0.1) is 11.7 Å². The number of aromatic nitrogens is 5. The van der Waals surface area contributed by atoms with E-state index in [1.807, 2.05) is 12.3 Å². The van der Waals surface area contributed by atoms with Crippen LogP contribution in [-0.2, 0) is 0 Å². The second-order valence-corrected chi connectivity index (χ2v) is 5.61. The number of nitrogens with zero attached hydrogens (tertiary/aromatic N) is 4.